The van der Waals surface area contributed by atoms with Gasteiger partial charge in [0.2, 0.25) is 0 Å². The molecule has 0 aromatic heterocycles. The summed E-state index contributed by atoms with van der Waals surface area (Å²) in [4.78, 5) is 24.0. The van der Waals surface area contributed by atoms with Gasteiger partial charge < -0.3 is 20.1 Å². The summed E-state index contributed by atoms with van der Waals surface area (Å²) in [6.07, 6.45) is 1.16. The second kappa shape index (κ2) is 4.86. The van der Waals surface area contributed by atoms with Crippen molar-refractivity contribution in [3.8, 4) is 0 Å². The number of urea groups is 1. The summed E-state index contributed by atoms with van der Waals surface area (Å²) in [5, 5.41) is 13.5. The van der Waals surface area contributed by atoms with Crippen molar-refractivity contribution >= 4 is 17.7 Å². The Morgan fingerprint density at radius 3 is 2.65 bits per heavy atom. The highest BCUT2D eigenvalue weighted by Crippen LogP contribution is 2.18. The van der Waals surface area contributed by atoms with Crippen molar-refractivity contribution in [1.82, 2.24) is 4.90 Å². The molecule has 5 heteroatoms. The Bertz CT molecular complexity index is 419. The summed E-state index contributed by atoms with van der Waals surface area (Å²) in [6.45, 7) is 0.456. The van der Waals surface area contributed by atoms with Crippen LogP contribution in [-0.4, -0.2) is 29.5 Å². The molecule has 90 valence electrons. The molecule has 1 aliphatic heterocycles. The molecule has 1 aromatic carbocycles. The van der Waals surface area contributed by atoms with Crippen molar-refractivity contribution in [1.29, 1.82) is 0 Å². The Labute approximate surface area is 99.0 Å². The van der Waals surface area contributed by atoms with Gasteiger partial charge in [0.25, 0.3) is 0 Å². The zero-order valence-corrected chi connectivity index (χ0v) is 9.26. The SMILES string of the molecule is O=C([O-])C1CCCN1C(=O)Nc1ccccc1. The molecule has 1 heterocycles. The van der Waals surface area contributed by atoms with Gasteiger partial charge in [0.15, 0.2) is 0 Å². The van der Waals surface area contributed by atoms with Crippen molar-refractivity contribution in [2.75, 3.05) is 11.9 Å². The van der Waals surface area contributed by atoms with Crippen molar-refractivity contribution in [2.24, 2.45) is 0 Å². The summed E-state index contributed by atoms with van der Waals surface area (Å²) in [5.74, 6) is -1.19. The maximum absolute atomic E-state index is 11.9. The van der Waals surface area contributed by atoms with E-state index >= 15 is 0 Å². The fourth-order valence-electron chi connectivity index (χ4n) is 1.97. The van der Waals surface area contributed by atoms with Gasteiger partial charge in [-0.2, -0.15) is 0 Å². The zero-order valence-electron chi connectivity index (χ0n) is 9.26. The lowest BCUT2D eigenvalue weighted by molar-refractivity contribution is -0.310. The fraction of sp³-hybridized carbons (Fsp3) is 0.333. The Morgan fingerprint density at radius 2 is 2.00 bits per heavy atom. The summed E-state index contributed by atoms with van der Waals surface area (Å²) >= 11 is 0. The Morgan fingerprint density at radius 1 is 1.29 bits per heavy atom. The Balaban J connectivity index is 2.03. The number of rotatable bonds is 2. The average molecular weight is 233 g/mol. The lowest BCUT2D eigenvalue weighted by Gasteiger charge is -2.25. The average Bonchev–Trinajstić information content (AvgIpc) is 2.79. The number of carbonyl (C=O) groups is 2. The van der Waals surface area contributed by atoms with E-state index in [-0.39, 0.29) is 6.03 Å². The summed E-state index contributed by atoms with van der Waals surface area (Å²) < 4.78 is 0. The Hall–Kier alpha value is -2.04. The molecule has 2 amide bonds. The first-order chi connectivity index (χ1) is 8.18. The molecular formula is C12H13N2O3-. The van der Waals surface area contributed by atoms with Gasteiger partial charge in [-0.1, -0.05) is 18.2 Å². The second-order valence-electron chi connectivity index (χ2n) is 3.97. The van der Waals surface area contributed by atoms with Gasteiger partial charge in [-0.15, -0.1) is 0 Å². The molecular weight excluding hydrogens is 220 g/mol. The molecule has 0 bridgehead atoms. The quantitative estimate of drug-likeness (QED) is 0.805. The maximum Gasteiger partial charge on any atom is 0.322 e. The normalized spacial score (nSPS) is 19.1. The number of carboxylic acid groups (broad SMARTS) is 1. The Kier molecular flexibility index (Phi) is 3.27. The van der Waals surface area contributed by atoms with Crippen LogP contribution in [0.5, 0.6) is 0 Å². The van der Waals surface area contributed by atoms with E-state index in [0.717, 1.165) is 0 Å². The van der Waals surface area contributed by atoms with E-state index in [9.17, 15) is 14.7 Å². The van der Waals surface area contributed by atoms with Gasteiger partial charge in [0.05, 0.1) is 12.0 Å². The van der Waals surface area contributed by atoms with Crippen LogP contribution in [0.2, 0.25) is 0 Å². The smallest absolute Gasteiger partial charge is 0.322 e. The van der Waals surface area contributed by atoms with Gasteiger partial charge in [-0.25, -0.2) is 4.79 Å². The summed E-state index contributed by atoms with van der Waals surface area (Å²) in [5.41, 5.74) is 0.654. The van der Waals surface area contributed by atoms with Crippen LogP contribution in [0.3, 0.4) is 0 Å². The molecule has 0 saturated carbocycles. The number of aliphatic carboxylic acids is 1. The number of benzene rings is 1. The van der Waals surface area contributed by atoms with E-state index in [1.54, 1.807) is 24.3 Å². The monoisotopic (exact) mass is 233 g/mol. The first kappa shape index (κ1) is 11.4. The predicted molar refractivity (Wildman–Crippen MR) is 60.2 cm³/mol. The molecule has 1 N–H and O–H groups in total. The third kappa shape index (κ3) is 2.55. The van der Waals surface area contributed by atoms with Crippen molar-refractivity contribution < 1.29 is 14.7 Å². The first-order valence-electron chi connectivity index (χ1n) is 5.52. The van der Waals surface area contributed by atoms with Gasteiger partial charge >= 0.3 is 6.03 Å². The number of hydrogen-bond donors (Lipinski definition) is 1. The minimum Gasteiger partial charge on any atom is -0.548 e. The number of nitrogens with zero attached hydrogens (tertiary/aromatic N) is 1. The molecule has 1 unspecified atom stereocenters. The van der Waals surface area contributed by atoms with E-state index in [0.29, 0.717) is 25.1 Å². The number of nitrogens with one attached hydrogen (secondary N) is 1. The topological polar surface area (TPSA) is 72.5 Å². The fourth-order valence-corrected chi connectivity index (χ4v) is 1.97. The summed E-state index contributed by atoms with van der Waals surface area (Å²) in [7, 11) is 0. The zero-order chi connectivity index (χ0) is 12.3. The number of hydrogen-bond acceptors (Lipinski definition) is 3. The highest BCUT2D eigenvalue weighted by molar-refractivity contribution is 5.92. The van der Waals surface area contributed by atoms with E-state index in [1.807, 2.05) is 6.07 Å². The van der Waals surface area contributed by atoms with Crippen LogP contribution >= 0.6 is 0 Å². The molecule has 1 atom stereocenters. The van der Waals surface area contributed by atoms with E-state index < -0.39 is 12.0 Å². The number of carboxylic acids is 1. The third-order valence-corrected chi connectivity index (χ3v) is 2.81. The van der Waals surface area contributed by atoms with Crippen LogP contribution < -0.4 is 10.4 Å². The molecule has 1 fully saturated rings. The number of carbonyl (C=O) groups excluding carboxylic acids is 2. The van der Waals surface area contributed by atoms with Crippen LogP contribution in [0.4, 0.5) is 10.5 Å². The van der Waals surface area contributed by atoms with E-state index in [4.69, 9.17) is 0 Å². The third-order valence-electron chi connectivity index (χ3n) is 2.81. The molecule has 0 aliphatic carbocycles. The van der Waals surface area contributed by atoms with E-state index in [1.165, 1.54) is 4.90 Å². The van der Waals surface area contributed by atoms with Crippen LogP contribution in [0.15, 0.2) is 30.3 Å². The largest absolute Gasteiger partial charge is 0.548 e. The lowest BCUT2D eigenvalue weighted by atomic mass is 10.2. The van der Waals surface area contributed by atoms with Crippen LogP contribution in [0.1, 0.15) is 12.8 Å². The lowest BCUT2D eigenvalue weighted by Crippen LogP contribution is -2.48. The molecule has 5 nitrogen and oxygen atoms in total. The number of para-hydroxylation sites is 1. The van der Waals surface area contributed by atoms with Gasteiger partial charge in [-0.3, -0.25) is 0 Å². The van der Waals surface area contributed by atoms with E-state index in [2.05, 4.69) is 5.32 Å². The molecule has 17 heavy (non-hydrogen) atoms. The number of amides is 2. The second-order valence-corrected chi connectivity index (χ2v) is 3.97. The standard InChI is InChI=1S/C12H14N2O3/c15-11(16)10-7-4-8-14(10)12(17)13-9-5-2-1-3-6-9/h1-3,5-6,10H,4,7-8H2,(H,13,17)(H,15,16)/p-1. The molecule has 1 saturated heterocycles. The number of likely N-dealkylation sites (tertiary alicyclic amines) is 1. The van der Waals surface area contributed by atoms with Gasteiger partial charge in [-0.05, 0) is 25.0 Å². The van der Waals surface area contributed by atoms with Crippen molar-refractivity contribution in [2.45, 2.75) is 18.9 Å². The van der Waals surface area contributed by atoms with Crippen LogP contribution in [-0.2, 0) is 4.79 Å². The minimum absolute atomic E-state index is 0.386. The van der Waals surface area contributed by atoms with Crippen molar-refractivity contribution in [3.63, 3.8) is 0 Å². The maximum atomic E-state index is 11.9. The van der Waals surface area contributed by atoms with Crippen LogP contribution in [0.25, 0.3) is 0 Å². The first-order valence-corrected chi connectivity index (χ1v) is 5.52. The minimum atomic E-state index is -1.19. The van der Waals surface area contributed by atoms with Crippen molar-refractivity contribution in [3.05, 3.63) is 30.3 Å². The molecule has 1 aliphatic rings. The molecule has 1 aromatic rings. The van der Waals surface area contributed by atoms with Gasteiger partial charge in [0.1, 0.15) is 0 Å². The molecule has 2 rings (SSSR count). The number of anilines is 1. The molecule has 0 spiro atoms. The highest BCUT2D eigenvalue weighted by atomic mass is 16.4. The predicted octanol–water partition coefficient (Wildman–Crippen LogP) is 0.433. The van der Waals surface area contributed by atoms with Crippen LogP contribution in [0, 0.1) is 0 Å². The summed E-state index contributed by atoms with van der Waals surface area (Å²) in [6, 6.07) is 7.76. The highest BCUT2D eigenvalue weighted by Gasteiger charge is 2.29. The van der Waals surface area contributed by atoms with Gasteiger partial charge in [0, 0.05) is 12.2 Å². The molecule has 0 radical (unpaired) electrons.